The smallest absolute Gasteiger partial charge is 0.227 e. The summed E-state index contributed by atoms with van der Waals surface area (Å²) in [5.41, 5.74) is 0.953. The van der Waals surface area contributed by atoms with E-state index in [-0.39, 0.29) is 0 Å². The van der Waals surface area contributed by atoms with Gasteiger partial charge in [0.2, 0.25) is 5.95 Å². The maximum absolute atomic E-state index is 5.43. The third kappa shape index (κ3) is 4.10. The highest BCUT2D eigenvalue weighted by Gasteiger charge is 2.26. The number of morpholine rings is 1. The lowest BCUT2D eigenvalue weighted by Gasteiger charge is -2.38. The molecule has 0 aliphatic carbocycles. The molecule has 2 fully saturated rings. The van der Waals surface area contributed by atoms with Crippen LogP contribution in [0.15, 0.2) is 24.7 Å². The van der Waals surface area contributed by atoms with Gasteiger partial charge < -0.3 is 19.4 Å². The van der Waals surface area contributed by atoms with Crippen molar-refractivity contribution in [1.82, 2.24) is 19.9 Å². The summed E-state index contributed by atoms with van der Waals surface area (Å²) in [6, 6.07) is 2.38. The molecule has 0 bridgehead atoms. The fourth-order valence-corrected chi connectivity index (χ4v) is 3.72. The van der Waals surface area contributed by atoms with Gasteiger partial charge in [0.05, 0.1) is 25.1 Å². The fraction of sp³-hybridized carbons (Fsp3) is 0.579. The summed E-state index contributed by atoms with van der Waals surface area (Å²) in [7, 11) is 2.13. The van der Waals surface area contributed by atoms with Crippen molar-refractivity contribution in [2.24, 2.45) is 0 Å². The SMILES string of the molecule is Cc1cncc(N2CCCC(N(C)c3ccnc(N4CCOCC4)n3)C2)n1. The number of nitrogens with zero attached hydrogens (tertiary/aromatic N) is 7. The molecule has 4 rings (SSSR count). The van der Waals surface area contributed by atoms with Crippen molar-refractivity contribution < 1.29 is 4.74 Å². The van der Waals surface area contributed by atoms with E-state index in [1.54, 1.807) is 6.20 Å². The van der Waals surface area contributed by atoms with Crippen LogP contribution in [-0.2, 0) is 4.74 Å². The Labute approximate surface area is 160 Å². The molecule has 27 heavy (non-hydrogen) atoms. The monoisotopic (exact) mass is 369 g/mol. The minimum atomic E-state index is 0.383. The highest BCUT2D eigenvalue weighted by Crippen LogP contribution is 2.24. The maximum Gasteiger partial charge on any atom is 0.227 e. The zero-order valence-corrected chi connectivity index (χ0v) is 16.1. The van der Waals surface area contributed by atoms with Crippen molar-refractivity contribution in [3.63, 3.8) is 0 Å². The van der Waals surface area contributed by atoms with Crippen LogP contribution in [0.2, 0.25) is 0 Å². The van der Waals surface area contributed by atoms with Crippen LogP contribution in [0, 0.1) is 6.92 Å². The molecule has 2 aliphatic rings. The molecule has 0 spiro atoms. The average Bonchev–Trinajstić information content (AvgIpc) is 2.74. The number of rotatable bonds is 4. The molecule has 4 heterocycles. The van der Waals surface area contributed by atoms with Crippen LogP contribution >= 0.6 is 0 Å². The first-order valence-electron chi connectivity index (χ1n) is 9.63. The third-order valence-electron chi connectivity index (χ3n) is 5.29. The first-order chi connectivity index (χ1) is 13.2. The Morgan fingerprint density at radius 3 is 2.78 bits per heavy atom. The normalized spacial score (nSPS) is 20.6. The molecule has 1 atom stereocenters. The molecular formula is C19H27N7O. The van der Waals surface area contributed by atoms with Gasteiger partial charge >= 0.3 is 0 Å². The van der Waals surface area contributed by atoms with Crippen molar-refractivity contribution in [3.05, 3.63) is 30.4 Å². The molecule has 0 aromatic carbocycles. The molecule has 0 saturated carbocycles. The fourth-order valence-electron chi connectivity index (χ4n) is 3.72. The topological polar surface area (TPSA) is 70.5 Å². The van der Waals surface area contributed by atoms with E-state index in [0.717, 1.165) is 75.5 Å². The molecule has 2 saturated heterocycles. The summed E-state index contributed by atoms with van der Waals surface area (Å²) >= 11 is 0. The first kappa shape index (κ1) is 17.9. The second-order valence-electron chi connectivity index (χ2n) is 7.19. The maximum atomic E-state index is 5.43. The lowest BCUT2D eigenvalue weighted by molar-refractivity contribution is 0.122. The van der Waals surface area contributed by atoms with Gasteiger partial charge in [-0.1, -0.05) is 0 Å². The Morgan fingerprint density at radius 2 is 1.96 bits per heavy atom. The highest BCUT2D eigenvalue weighted by atomic mass is 16.5. The van der Waals surface area contributed by atoms with Crippen molar-refractivity contribution >= 4 is 17.6 Å². The van der Waals surface area contributed by atoms with E-state index >= 15 is 0 Å². The molecule has 2 aromatic rings. The second kappa shape index (κ2) is 8.04. The molecule has 2 aliphatic heterocycles. The van der Waals surface area contributed by atoms with Gasteiger partial charge in [-0.25, -0.2) is 9.97 Å². The number of ether oxygens (including phenoxy) is 1. The Balaban J connectivity index is 1.48. The van der Waals surface area contributed by atoms with Gasteiger partial charge in [0.15, 0.2) is 0 Å². The van der Waals surface area contributed by atoms with Gasteiger partial charge in [-0.05, 0) is 25.8 Å². The standard InChI is InChI=1S/C19H27N7O/c1-15-12-20-13-18(22-15)26-7-3-4-16(14-26)24(2)17-5-6-21-19(23-17)25-8-10-27-11-9-25/h5-6,12-13,16H,3-4,7-11,14H2,1-2H3. The average molecular weight is 369 g/mol. The summed E-state index contributed by atoms with van der Waals surface area (Å²) in [5, 5.41) is 0. The Bertz CT molecular complexity index is 765. The molecule has 8 heteroatoms. The molecule has 2 aromatic heterocycles. The van der Waals surface area contributed by atoms with Crippen LogP contribution in [0.5, 0.6) is 0 Å². The third-order valence-corrected chi connectivity index (χ3v) is 5.29. The lowest BCUT2D eigenvalue weighted by Crippen LogP contribution is -2.47. The summed E-state index contributed by atoms with van der Waals surface area (Å²) in [5.74, 6) is 2.72. The predicted molar refractivity (Wildman–Crippen MR) is 105 cm³/mol. The number of hydrogen-bond donors (Lipinski definition) is 0. The number of piperidine rings is 1. The summed E-state index contributed by atoms with van der Waals surface area (Å²) < 4.78 is 5.43. The molecule has 8 nitrogen and oxygen atoms in total. The van der Waals surface area contributed by atoms with E-state index in [9.17, 15) is 0 Å². The quantitative estimate of drug-likeness (QED) is 0.803. The van der Waals surface area contributed by atoms with E-state index in [1.807, 2.05) is 25.4 Å². The van der Waals surface area contributed by atoms with Gasteiger partial charge in [0, 0.05) is 51.7 Å². The summed E-state index contributed by atoms with van der Waals surface area (Å²) in [6.45, 7) is 7.08. The van der Waals surface area contributed by atoms with Crippen LogP contribution in [-0.4, -0.2) is 72.4 Å². The second-order valence-corrected chi connectivity index (χ2v) is 7.19. The van der Waals surface area contributed by atoms with Crippen LogP contribution in [0.3, 0.4) is 0 Å². The van der Waals surface area contributed by atoms with Crippen LogP contribution in [0.4, 0.5) is 17.6 Å². The largest absolute Gasteiger partial charge is 0.378 e. The van der Waals surface area contributed by atoms with Crippen molar-refractivity contribution in [3.8, 4) is 0 Å². The molecule has 0 radical (unpaired) electrons. The van der Waals surface area contributed by atoms with E-state index in [4.69, 9.17) is 9.72 Å². The van der Waals surface area contributed by atoms with Gasteiger partial charge in [-0.2, -0.15) is 4.98 Å². The van der Waals surface area contributed by atoms with E-state index in [0.29, 0.717) is 6.04 Å². The number of aryl methyl sites for hydroxylation is 1. The minimum absolute atomic E-state index is 0.383. The van der Waals surface area contributed by atoms with Gasteiger partial charge in [0.1, 0.15) is 11.6 Å². The Morgan fingerprint density at radius 1 is 1.11 bits per heavy atom. The van der Waals surface area contributed by atoms with E-state index in [1.165, 1.54) is 0 Å². The molecule has 0 amide bonds. The number of aromatic nitrogens is 4. The minimum Gasteiger partial charge on any atom is -0.378 e. The molecule has 144 valence electrons. The lowest BCUT2D eigenvalue weighted by atomic mass is 10.0. The summed E-state index contributed by atoms with van der Waals surface area (Å²) in [6.07, 6.45) is 7.78. The molecule has 0 N–H and O–H groups in total. The Kier molecular flexibility index (Phi) is 5.33. The Hall–Kier alpha value is -2.48. The van der Waals surface area contributed by atoms with Crippen molar-refractivity contribution in [1.29, 1.82) is 0 Å². The molecular weight excluding hydrogens is 342 g/mol. The van der Waals surface area contributed by atoms with E-state index < -0.39 is 0 Å². The van der Waals surface area contributed by atoms with Crippen molar-refractivity contribution in [2.45, 2.75) is 25.8 Å². The van der Waals surface area contributed by atoms with Gasteiger partial charge in [-0.3, -0.25) is 4.98 Å². The van der Waals surface area contributed by atoms with Gasteiger partial charge in [0.25, 0.3) is 0 Å². The first-order valence-corrected chi connectivity index (χ1v) is 9.63. The van der Waals surface area contributed by atoms with Crippen LogP contribution < -0.4 is 14.7 Å². The highest BCUT2D eigenvalue weighted by molar-refractivity contribution is 5.46. The number of anilines is 3. The van der Waals surface area contributed by atoms with Gasteiger partial charge in [-0.15, -0.1) is 0 Å². The predicted octanol–water partition coefficient (Wildman–Crippen LogP) is 1.52. The number of likely N-dealkylation sites (N-methyl/N-ethyl adjacent to an activating group) is 1. The number of hydrogen-bond acceptors (Lipinski definition) is 8. The van der Waals surface area contributed by atoms with Crippen LogP contribution in [0.25, 0.3) is 0 Å². The van der Waals surface area contributed by atoms with Crippen LogP contribution in [0.1, 0.15) is 18.5 Å². The molecule has 1 unspecified atom stereocenters. The van der Waals surface area contributed by atoms with E-state index in [2.05, 4.69) is 36.7 Å². The summed E-state index contributed by atoms with van der Waals surface area (Å²) in [4.78, 5) is 25.0. The van der Waals surface area contributed by atoms with Crippen molar-refractivity contribution in [2.75, 3.05) is 61.1 Å². The zero-order chi connectivity index (χ0) is 18.6. The zero-order valence-electron chi connectivity index (χ0n) is 16.1.